The van der Waals surface area contributed by atoms with Crippen LogP contribution in [-0.2, 0) is 9.84 Å². The average molecular weight is 260 g/mol. The molecule has 0 aromatic rings. The summed E-state index contributed by atoms with van der Waals surface area (Å²) >= 11 is 0. The molecule has 0 radical (unpaired) electrons. The fraction of sp³-hybridized carbons (Fsp3) is 1.00. The number of sulfone groups is 1. The minimum Gasteiger partial charge on any atom is -0.330 e. The van der Waals surface area contributed by atoms with Crippen LogP contribution in [0.2, 0.25) is 0 Å². The van der Waals surface area contributed by atoms with Gasteiger partial charge >= 0.3 is 0 Å². The van der Waals surface area contributed by atoms with Crippen LogP contribution in [0, 0.1) is 5.41 Å². The molecule has 1 heterocycles. The van der Waals surface area contributed by atoms with Crippen molar-refractivity contribution in [2.45, 2.75) is 32.1 Å². The lowest BCUT2D eigenvalue weighted by Crippen LogP contribution is -2.49. The van der Waals surface area contributed by atoms with Gasteiger partial charge in [0.15, 0.2) is 9.84 Å². The van der Waals surface area contributed by atoms with Crippen LogP contribution in [0.15, 0.2) is 0 Å². The highest BCUT2D eigenvalue weighted by atomic mass is 32.2. The molecule has 0 spiro atoms. The molecule has 2 fully saturated rings. The Labute approximate surface area is 104 Å². The second-order valence-electron chi connectivity index (χ2n) is 5.69. The Bertz CT molecular complexity index is 334. The maximum atomic E-state index is 11.4. The summed E-state index contributed by atoms with van der Waals surface area (Å²) in [6.07, 6.45) is 6.32. The van der Waals surface area contributed by atoms with Gasteiger partial charge in [0.05, 0.1) is 11.5 Å². The van der Waals surface area contributed by atoms with E-state index in [0.29, 0.717) is 24.6 Å². The standard InChI is InChI=1S/C12H24N2O2S/c13-10-12(4-2-1-3-5-12)11-14-6-8-17(15,16)9-7-14/h1-11,13H2. The summed E-state index contributed by atoms with van der Waals surface area (Å²) in [7, 11) is -2.76. The fourth-order valence-corrected chi connectivity index (χ4v) is 4.39. The van der Waals surface area contributed by atoms with Crippen molar-refractivity contribution >= 4 is 9.84 Å². The summed E-state index contributed by atoms with van der Waals surface area (Å²) in [5, 5.41) is 0. The molecule has 1 saturated heterocycles. The molecule has 0 aromatic carbocycles. The smallest absolute Gasteiger partial charge is 0.152 e. The number of nitrogens with zero attached hydrogens (tertiary/aromatic N) is 1. The zero-order valence-electron chi connectivity index (χ0n) is 10.5. The van der Waals surface area contributed by atoms with Gasteiger partial charge in [-0.25, -0.2) is 8.42 Å². The molecule has 0 bridgehead atoms. The van der Waals surface area contributed by atoms with Gasteiger partial charge in [0.1, 0.15) is 0 Å². The van der Waals surface area contributed by atoms with Crippen molar-refractivity contribution in [3.05, 3.63) is 0 Å². The molecule has 2 aliphatic rings. The van der Waals surface area contributed by atoms with Gasteiger partial charge in [-0.05, 0) is 24.8 Å². The maximum Gasteiger partial charge on any atom is 0.152 e. The van der Waals surface area contributed by atoms with Gasteiger partial charge in [0.2, 0.25) is 0 Å². The van der Waals surface area contributed by atoms with Crippen molar-refractivity contribution in [1.82, 2.24) is 4.90 Å². The van der Waals surface area contributed by atoms with E-state index in [-0.39, 0.29) is 5.41 Å². The molecular formula is C12H24N2O2S. The van der Waals surface area contributed by atoms with Crippen molar-refractivity contribution < 1.29 is 8.42 Å². The topological polar surface area (TPSA) is 63.4 Å². The zero-order chi connectivity index (χ0) is 12.4. The highest BCUT2D eigenvalue weighted by molar-refractivity contribution is 7.91. The van der Waals surface area contributed by atoms with Crippen LogP contribution < -0.4 is 5.73 Å². The summed E-state index contributed by atoms with van der Waals surface area (Å²) in [6, 6.07) is 0. The molecule has 4 nitrogen and oxygen atoms in total. The van der Waals surface area contributed by atoms with Crippen molar-refractivity contribution in [2.24, 2.45) is 11.1 Å². The van der Waals surface area contributed by atoms with Crippen LogP contribution in [-0.4, -0.2) is 51.0 Å². The Morgan fingerprint density at radius 2 is 1.65 bits per heavy atom. The number of rotatable bonds is 3. The van der Waals surface area contributed by atoms with Crippen molar-refractivity contribution in [2.75, 3.05) is 37.7 Å². The van der Waals surface area contributed by atoms with E-state index in [4.69, 9.17) is 5.73 Å². The Balaban J connectivity index is 1.91. The number of hydrogen-bond acceptors (Lipinski definition) is 4. The van der Waals surface area contributed by atoms with Crippen LogP contribution in [0.1, 0.15) is 32.1 Å². The third kappa shape index (κ3) is 3.42. The lowest BCUT2D eigenvalue weighted by Gasteiger charge is -2.41. The van der Waals surface area contributed by atoms with Gasteiger partial charge in [-0.3, -0.25) is 0 Å². The van der Waals surface area contributed by atoms with Crippen molar-refractivity contribution in [3.63, 3.8) is 0 Å². The molecule has 0 amide bonds. The van der Waals surface area contributed by atoms with Crippen LogP contribution in [0.4, 0.5) is 0 Å². The molecule has 1 saturated carbocycles. The molecule has 2 rings (SSSR count). The Hall–Kier alpha value is -0.130. The number of hydrogen-bond donors (Lipinski definition) is 1. The number of nitrogens with two attached hydrogens (primary N) is 1. The van der Waals surface area contributed by atoms with E-state index in [9.17, 15) is 8.42 Å². The molecule has 17 heavy (non-hydrogen) atoms. The van der Waals surface area contributed by atoms with Gasteiger partial charge in [0, 0.05) is 19.6 Å². The first-order valence-electron chi connectivity index (χ1n) is 6.68. The van der Waals surface area contributed by atoms with Gasteiger partial charge in [-0.2, -0.15) is 0 Å². The predicted molar refractivity (Wildman–Crippen MR) is 69.7 cm³/mol. The van der Waals surface area contributed by atoms with Gasteiger partial charge < -0.3 is 10.6 Å². The first-order chi connectivity index (χ1) is 8.05. The quantitative estimate of drug-likeness (QED) is 0.808. The fourth-order valence-electron chi connectivity index (χ4n) is 3.11. The minimum atomic E-state index is -2.76. The zero-order valence-corrected chi connectivity index (χ0v) is 11.3. The van der Waals surface area contributed by atoms with Crippen molar-refractivity contribution in [3.8, 4) is 0 Å². The Kier molecular flexibility index (Phi) is 4.10. The summed E-state index contributed by atoms with van der Waals surface area (Å²) in [5.41, 5.74) is 6.23. The predicted octanol–water partition coefficient (Wildman–Crippen LogP) is 0.626. The second-order valence-corrected chi connectivity index (χ2v) is 8.00. The van der Waals surface area contributed by atoms with E-state index in [2.05, 4.69) is 4.90 Å². The van der Waals surface area contributed by atoms with Crippen LogP contribution >= 0.6 is 0 Å². The molecule has 0 atom stereocenters. The maximum absolute atomic E-state index is 11.4. The second kappa shape index (κ2) is 5.24. The van der Waals surface area contributed by atoms with E-state index in [1.165, 1.54) is 32.1 Å². The normalized spacial score (nSPS) is 29.0. The summed E-state index contributed by atoms with van der Waals surface area (Å²) in [4.78, 5) is 2.30. The molecule has 100 valence electrons. The van der Waals surface area contributed by atoms with Crippen molar-refractivity contribution in [1.29, 1.82) is 0 Å². The first-order valence-corrected chi connectivity index (χ1v) is 8.50. The Morgan fingerprint density at radius 3 is 2.18 bits per heavy atom. The average Bonchev–Trinajstić information content (AvgIpc) is 2.33. The summed E-state index contributed by atoms with van der Waals surface area (Å²) < 4.78 is 22.8. The molecule has 1 aliphatic carbocycles. The molecular weight excluding hydrogens is 236 g/mol. The van der Waals surface area contributed by atoms with E-state index < -0.39 is 9.84 Å². The molecule has 0 aromatic heterocycles. The molecule has 1 aliphatic heterocycles. The highest BCUT2D eigenvalue weighted by Crippen LogP contribution is 2.36. The van der Waals surface area contributed by atoms with Gasteiger partial charge in [-0.1, -0.05) is 19.3 Å². The third-order valence-corrected chi connectivity index (χ3v) is 5.95. The molecule has 0 unspecified atom stereocenters. The lowest BCUT2D eigenvalue weighted by atomic mass is 9.73. The largest absolute Gasteiger partial charge is 0.330 e. The van der Waals surface area contributed by atoms with E-state index in [0.717, 1.165) is 13.1 Å². The molecule has 2 N–H and O–H groups in total. The van der Waals surface area contributed by atoms with E-state index in [1.807, 2.05) is 0 Å². The van der Waals surface area contributed by atoms with E-state index in [1.54, 1.807) is 0 Å². The highest BCUT2D eigenvalue weighted by Gasteiger charge is 2.34. The summed E-state index contributed by atoms with van der Waals surface area (Å²) in [6.45, 7) is 3.14. The van der Waals surface area contributed by atoms with Crippen LogP contribution in [0.3, 0.4) is 0 Å². The van der Waals surface area contributed by atoms with Crippen LogP contribution in [0.25, 0.3) is 0 Å². The minimum absolute atomic E-state index is 0.263. The van der Waals surface area contributed by atoms with Crippen LogP contribution in [0.5, 0.6) is 0 Å². The summed E-state index contributed by atoms with van der Waals surface area (Å²) in [5.74, 6) is 0.654. The van der Waals surface area contributed by atoms with Gasteiger partial charge in [0.25, 0.3) is 0 Å². The first kappa shape index (κ1) is 13.3. The SMILES string of the molecule is NCC1(CN2CCS(=O)(=O)CC2)CCCCC1. The lowest BCUT2D eigenvalue weighted by molar-refractivity contribution is 0.117. The van der Waals surface area contributed by atoms with E-state index >= 15 is 0 Å². The third-order valence-electron chi connectivity index (χ3n) is 4.34. The van der Waals surface area contributed by atoms with Gasteiger partial charge in [-0.15, -0.1) is 0 Å². The molecule has 5 heteroatoms. The monoisotopic (exact) mass is 260 g/mol. The Morgan fingerprint density at radius 1 is 1.06 bits per heavy atom.